The van der Waals surface area contributed by atoms with Gasteiger partial charge < -0.3 is 25.3 Å². The zero-order chi connectivity index (χ0) is 15.0. The molecule has 0 spiro atoms. The van der Waals surface area contributed by atoms with E-state index in [4.69, 9.17) is 19.9 Å². The number of nitrogens with two attached hydrogens (primary N) is 1. The lowest BCUT2D eigenvalue weighted by Crippen LogP contribution is -2.22. The fourth-order valence-electron chi connectivity index (χ4n) is 1.41. The standard InChI is InChI=1S/C13H18N2O5/c1-9(16)19-5-6-20-10-3-4-11(12(7-10)18-2)15-13(17)8-14/h3-4,7H,5-6,8,14H2,1-2H3,(H,15,17). The van der Waals surface area contributed by atoms with Crippen molar-refractivity contribution in [3.63, 3.8) is 0 Å². The molecule has 0 radical (unpaired) electrons. The molecule has 0 aliphatic heterocycles. The van der Waals surface area contributed by atoms with Gasteiger partial charge in [0.15, 0.2) is 0 Å². The third kappa shape index (κ3) is 5.15. The van der Waals surface area contributed by atoms with Crippen molar-refractivity contribution in [2.24, 2.45) is 5.73 Å². The average Bonchev–Trinajstić information content (AvgIpc) is 2.44. The van der Waals surface area contributed by atoms with E-state index >= 15 is 0 Å². The molecule has 0 aliphatic rings. The summed E-state index contributed by atoms with van der Waals surface area (Å²) in [5.74, 6) is 0.328. The second-order valence-corrected chi connectivity index (χ2v) is 3.80. The Hall–Kier alpha value is -2.28. The summed E-state index contributed by atoms with van der Waals surface area (Å²) in [4.78, 5) is 21.8. The smallest absolute Gasteiger partial charge is 0.302 e. The number of benzene rings is 1. The van der Waals surface area contributed by atoms with Crippen LogP contribution < -0.4 is 20.5 Å². The van der Waals surface area contributed by atoms with Crippen molar-refractivity contribution in [2.45, 2.75) is 6.92 Å². The third-order valence-electron chi connectivity index (χ3n) is 2.29. The van der Waals surface area contributed by atoms with Gasteiger partial charge in [-0.1, -0.05) is 0 Å². The zero-order valence-electron chi connectivity index (χ0n) is 11.5. The molecular formula is C13H18N2O5. The molecule has 20 heavy (non-hydrogen) atoms. The second-order valence-electron chi connectivity index (χ2n) is 3.80. The Balaban J connectivity index is 2.62. The van der Waals surface area contributed by atoms with Crippen LogP contribution in [0.4, 0.5) is 5.69 Å². The SMILES string of the molecule is COc1cc(OCCOC(C)=O)ccc1NC(=O)CN. The Morgan fingerprint density at radius 3 is 2.65 bits per heavy atom. The van der Waals surface area contributed by atoms with Crippen molar-refractivity contribution >= 4 is 17.6 Å². The molecule has 1 rings (SSSR count). The maximum Gasteiger partial charge on any atom is 0.302 e. The first-order valence-corrected chi connectivity index (χ1v) is 6.01. The molecule has 3 N–H and O–H groups in total. The molecule has 110 valence electrons. The average molecular weight is 282 g/mol. The summed E-state index contributed by atoms with van der Waals surface area (Å²) in [6.07, 6.45) is 0. The fourth-order valence-corrected chi connectivity index (χ4v) is 1.41. The van der Waals surface area contributed by atoms with Gasteiger partial charge in [-0.2, -0.15) is 0 Å². The molecule has 7 heteroatoms. The Bertz CT molecular complexity index is 476. The Morgan fingerprint density at radius 1 is 1.30 bits per heavy atom. The predicted molar refractivity (Wildman–Crippen MR) is 72.8 cm³/mol. The molecule has 1 aromatic carbocycles. The molecule has 1 aromatic rings. The number of anilines is 1. The van der Waals surface area contributed by atoms with E-state index in [1.807, 2.05) is 0 Å². The van der Waals surface area contributed by atoms with Crippen LogP contribution in [0.1, 0.15) is 6.92 Å². The molecule has 7 nitrogen and oxygen atoms in total. The van der Waals surface area contributed by atoms with E-state index < -0.39 is 0 Å². The zero-order valence-corrected chi connectivity index (χ0v) is 11.5. The molecule has 0 bridgehead atoms. The van der Waals surface area contributed by atoms with Gasteiger partial charge in [-0.3, -0.25) is 9.59 Å². The number of esters is 1. The third-order valence-corrected chi connectivity index (χ3v) is 2.29. The van der Waals surface area contributed by atoms with Gasteiger partial charge in [0.1, 0.15) is 24.7 Å². The van der Waals surface area contributed by atoms with Crippen molar-refractivity contribution in [1.82, 2.24) is 0 Å². The van der Waals surface area contributed by atoms with E-state index in [0.717, 1.165) is 0 Å². The number of methoxy groups -OCH3 is 1. The molecule has 0 saturated heterocycles. The van der Waals surface area contributed by atoms with Gasteiger partial charge in [0, 0.05) is 13.0 Å². The lowest BCUT2D eigenvalue weighted by atomic mass is 10.2. The highest BCUT2D eigenvalue weighted by molar-refractivity contribution is 5.93. The first kappa shape index (κ1) is 15.8. The number of carbonyl (C=O) groups is 2. The van der Waals surface area contributed by atoms with E-state index in [0.29, 0.717) is 17.2 Å². The van der Waals surface area contributed by atoms with Crippen LogP contribution >= 0.6 is 0 Å². The van der Waals surface area contributed by atoms with Gasteiger partial charge >= 0.3 is 5.97 Å². The Labute approximate surface area is 117 Å². The molecule has 0 aromatic heterocycles. The van der Waals surface area contributed by atoms with Crippen LogP contribution in [-0.4, -0.2) is 38.7 Å². The highest BCUT2D eigenvalue weighted by Gasteiger charge is 2.08. The molecule has 0 unspecified atom stereocenters. The first-order valence-electron chi connectivity index (χ1n) is 6.01. The summed E-state index contributed by atoms with van der Waals surface area (Å²) in [6.45, 7) is 1.63. The minimum atomic E-state index is -0.356. The molecular weight excluding hydrogens is 264 g/mol. The number of rotatable bonds is 7. The largest absolute Gasteiger partial charge is 0.494 e. The lowest BCUT2D eigenvalue weighted by Gasteiger charge is -2.12. The Kier molecular flexibility index (Phi) is 6.31. The minimum absolute atomic E-state index is 0.107. The van der Waals surface area contributed by atoms with Gasteiger partial charge in [-0.05, 0) is 12.1 Å². The molecule has 0 aliphatic carbocycles. The van der Waals surface area contributed by atoms with E-state index in [1.165, 1.54) is 14.0 Å². The number of nitrogens with one attached hydrogen (secondary N) is 1. The molecule has 0 fully saturated rings. The van der Waals surface area contributed by atoms with Crippen LogP contribution in [-0.2, 0) is 14.3 Å². The quantitative estimate of drug-likeness (QED) is 0.559. The number of carbonyl (C=O) groups excluding carboxylic acids is 2. The van der Waals surface area contributed by atoms with Gasteiger partial charge in [0.05, 0.1) is 19.3 Å². The maximum absolute atomic E-state index is 11.2. The van der Waals surface area contributed by atoms with Crippen molar-refractivity contribution < 1.29 is 23.8 Å². The van der Waals surface area contributed by atoms with Crippen molar-refractivity contribution in [1.29, 1.82) is 0 Å². The maximum atomic E-state index is 11.2. The molecule has 1 amide bonds. The number of hydrogen-bond donors (Lipinski definition) is 2. The Morgan fingerprint density at radius 2 is 2.05 bits per heavy atom. The molecule has 0 heterocycles. The van der Waals surface area contributed by atoms with Crippen molar-refractivity contribution in [3.8, 4) is 11.5 Å². The normalized spacial score (nSPS) is 9.75. The minimum Gasteiger partial charge on any atom is -0.494 e. The summed E-state index contributed by atoms with van der Waals surface area (Å²) in [6, 6.07) is 4.94. The van der Waals surface area contributed by atoms with Crippen LogP contribution in [0, 0.1) is 0 Å². The topological polar surface area (TPSA) is 99.9 Å². The first-order chi connectivity index (χ1) is 9.56. The number of ether oxygens (including phenoxy) is 3. The van der Waals surface area contributed by atoms with Gasteiger partial charge in [0.25, 0.3) is 0 Å². The van der Waals surface area contributed by atoms with E-state index in [-0.39, 0.29) is 31.6 Å². The summed E-state index contributed by atoms with van der Waals surface area (Å²) >= 11 is 0. The van der Waals surface area contributed by atoms with E-state index in [9.17, 15) is 9.59 Å². The monoisotopic (exact) mass is 282 g/mol. The highest BCUT2D eigenvalue weighted by Crippen LogP contribution is 2.29. The summed E-state index contributed by atoms with van der Waals surface area (Å²) < 4.78 is 15.3. The summed E-state index contributed by atoms with van der Waals surface area (Å²) in [7, 11) is 1.48. The van der Waals surface area contributed by atoms with Gasteiger partial charge in [-0.15, -0.1) is 0 Å². The second kappa shape index (κ2) is 8.00. The summed E-state index contributed by atoms with van der Waals surface area (Å²) in [5, 5.41) is 2.61. The van der Waals surface area contributed by atoms with Crippen LogP contribution in [0.3, 0.4) is 0 Å². The van der Waals surface area contributed by atoms with Crippen LogP contribution in [0.2, 0.25) is 0 Å². The van der Waals surface area contributed by atoms with E-state index in [2.05, 4.69) is 5.32 Å². The van der Waals surface area contributed by atoms with Crippen LogP contribution in [0.25, 0.3) is 0 Å². The van der Waals surface area contributed by atoms with Crippen LogP contribution in [0.5, 0.6) is 11.5 Å². The molecule has 0 saturated carbocycles. The predicted octanol–water partition coefficient (Wildman–Crippen LogP) is 0.534. The summed E-state index contributed by atoms with van der Waals surface area (Å²) in [5.41, 5.74) is 5.74. The van der Waals surface area contributed by atoms with Gasteiger partial charge in [-0.25, -0.2) is 0 Å². The van der Waals surface area contributed by atoms with Crippen molar-refractivity contribution in [3.05, 3.63) is 18.2 Å². The molecule has 0 atom stereocenters. The number of hydrogen-bond acceptors (Lipinski definition) is 6. The van der Waals surface area contributed by atoms with Crippen LogP contribution in [0.15, 0.2) is 18.2 Å². The lowest BCUT2D eigenvalue weighted by molar-refractivity contribution is -0.141. The fraction of sp³-hybridized carbons (Fsp3) is 0.385. The van der Waals surface area contributed by atoms with Gasteiger partial charge in [0.2, 0.25) is 5.91 Å². The highest BCUT2D eigenvalue weighted by atomic mass is 16.6. The van der Waals surface area contributed by atoms with Crippen molar-refractivity contribution in [2.75, 3.05) is 32.2 Å². The number of amides is 1. The van der Waals surface area contributed by atoms with E-state index in [1.54, 1.807) is 18.2 Å².